The fourth-order valence-corrected chi connectivity index (χ4v) is 3.40. The predicted molar refractivity (Wildman–Crippen MR) is 84.5 cm³/mol. The summed E-state index contributed by atoms with van der Waals surface area (Å²) in [6.07, 6.45) is 0. The number of nitrogens with one attached hydrogen (secondary N) is 3. The number of fused-ring (bicyclic) bond motifs is 1. The zero-order valence-electron chi connectivity index (χ0n) is 10.2. The van der Waals surface area contributed by atoms with Crippen LogP contribution in [0.25, 0.3) is 10.8 Å². The van der Waals surface area contributed by atoms with Crippen LogP contribution in [-0.4, -0.2) is 10.2 Å². The first-order valence-corrected chi connectivity index (χ1v) is 7.53. The molecule has 0 amide bonds. The Morgan fingerprint density at radius 2 is 2.00 bits per heavy atom. The first-order chi connectivity index (χ1) is 9.65. The van der Waals surface area contributed by atoms with Crippen molar-refractivity contribution in [2.75, 3.05) is 5.32 Å². The highest BCUT2D eigenvalue weighted by Crippen LogP contribution is 2.22. The van der Waals surface area contributed by atoms with Gasteiger partial charge in [-0.05, 0) is 34.1 Å². The number of H-pyrrole nitrogens is 2. The minimum atomic E-state index is -0.310. The molecule has 1 aromatic carbocycles. The van der Waals surface area contributed by atoms with Gasteiger partial charge in [-0.1, -0.05) is 6.07 Å². The molecule has 102 valence electrons. The summed E-state index contributed by atoms with van der Waals surface area (Å²) in [4.78, 5) is 24.7. The molecule has 5 nitrogen and oxygen atoms in total. The lowest BCUT2D eigenvalue weighted by atomic mass is 10.1. The van der Waals surface area contributed by atoms with Crippen molar-refractivity contribution in [3.63, 3.8) is 0 Å². The van der Waals surface area contributed by atoms with E-state index in [-0.39, 0.29) is 11.1 Å². The van der Waals surface area contributed by atoms with E-state index in [2.05, 4.69) is 31.4 Å². The van der Waals surface area contributed by atoms with Gasteiger partial charge in [0.25, 0.3) is 11.1 Å². The van der Waals surface area contributed by atoms with E-state index >= 15 is 0 Å². The summed E-state index contributed by atoms with van der Waals surface area (Å²) >= 11 is 5.02. The number of benzene rings is 1. The standard InChI is InChI=1S/C13H10BrN3O2S/c14-7-4-8(20-6-7)5-15-10-3-1-2-9-11(10)13(19)17-16-12(9)18/h1-4,6,15H,5H2,(H,16,18)(H,17,19). The molecule has 0 bridgehead atoms. The zero-order chi connectivity index (χ0) is 14.1. The van der Waals surface area contributed by atoms with Gasteiger partial charge in [-0.25, -0.2) is 0 Å². The van der Waals surface area contributed by atoms with Crippen LogP contribution in [0, 0.1) is 0 Å². The summed E-state index contributed by atoms with van der Waals surface area (Å²) in [5.74, 6) is 0. The van der Waals surface area contributed by atoms with E-state index < -0.39 is 0 Å². The summed E-state index contributed by atoms with van der Waals surface area (Å²) in [6, 6.07) is 7.19. The molecular formula is C13H10BrN3O2S. The zero-order valence-corrected chi connectivity index (χ0v) is 12.6. The highest BCUT2D eigenvalue weighted by atomic mass is 79.9. The van der Waals surface area contributed by atoms with Crippen molar-refractivity contribution in [3.8, 4) is 0 Å². The number of aromatic amines is 2. The Morgan fingerprint density at radius 3 is 2.75 bits per heavy atom. The third kappa shape index (κ3) is 2.41. The average molecular weight is 352 g/mol. The second-order valence-electron chi connectivity index (χ2n) is 4.22. The van der Waals surface area contributed by atoms with Crippen LogP contribution in [0.2, 0.25) is 0 Å². The topological polar surface area (TPSA) is 77.8 Å². The first kappa shape index (κ1) is 13.1. The predicted octanol–water partition coefficient (Wildman–Crippen LogP) is 2.65. The molecule has 0 saturated carbocycles. The van der Waals surface area contributed by atoms with Crippen molar-refractivity contribution in [2.45, 2.75) is 6.54 Å². The fourth-order valence-electron chi connectivity index (χ4n) is 2.01. The second kappa shape index (κ2) is 5.26. The van der Waals surface area contributed by atoms with E-state index in [9.17, 15) is 9.59 Å². The molecule has 0 unspecified atom stereocenters. The van der Waals surface area contributed by atoms with E-state index in [1.165, 1.54) is 0 Å². The summed E-state index contributed by atoms with van der Waals surface area (Å²) in [6.45, 7) is 0.599. The Kier molecular flexibility index (Phi) is 3.45. The van der Waals surface area contributed by atoms with E-state index in [0.29, 0.717) is 23.0 Å². The van der Waals surface area contributed by atoms with Crippen molar-refractivity contribution in [1.29, 1.82) is 0 Å². The van der Waals surface area contributed by atoms with Crippen LogP contribution in [0.4, 0.5) is 5.69 Å². The molecule has 3 N–H and O–H groups in total. The lowest BCUT2D eigenvalue weighted by molar-refractivity contribution is 0.976. The summed E-state index contributed by atoms with van der Waals surface area (Å²) < 4.78 is 1.03. The lowest BCUT2D eigenvalue weighted by Crippen LogP contribution is -2.20. The highest BCUT2D eigenvalue weighted by Gasteiger charge is 2.08. The van der Waals surface area contributed by atoms with Gasteiger partial charge in [0.15, 0.2) is 0 Å². The number of anilines is 1. The van der Waals surface area contributed by atoms with Crippen molar-refractivity contribution >= 4 is 43.7 Å². The Balaban J connectivity index is 2.01. The number of rotatable bonds is 3. The third-order valence-electron chi connectivity index (χ3n) is 2.90. The number of thiophene rings is 1. The molecule has 7 heteroatoms. The molecule has 3 aromatic rings. The van der Waals surface area contributed by atoms with Gasteiger partial charge in [0.1, 0.15) is 0 Å². The smallest absolute Gasteiger partial charge is 0.272 e. The van der Waals surface area contributed by atoms with Crippen LogP contribution in [0.3, 0.4) is 0 Å². The van der Waals surface area contributed by atoms with Crippen LogP contribution in [-0.2, 0) is 6.54 Å². The maximum Gasteiger partial charge on any atom is 0.272 e. The van der Waals surface area contributed by atoms with Gasteiger partial charge in [0.2, 0.25) is 0 Å². The van der Waals surface area contributed by atoms with E-state index in [1.807, 2.05) is 11.4 Å². The van der Waals surface area contributed by atoms with Gasteiger partial charge in [-0.3, -0.25) is 19.8 Å². The first-order valence-electron chi connectivity index (χ1n) is 5.85. The molecule has 0 atom stereocenters. The van der Waals surface area contributed by atoms with Crippen LogP contribution in [0.1, 0.15) is 4.88 Å². The maximum atomic E-state index is 11.9. The van der Waals surface area contributed by atoms with Crippen molar-refractivity contribution in [3.05, 3.63) is 59.7 Å². The number of hydrogen-bond donors (Lipinski definition) is 3. The Labute approximate surface area is 125 Å². The fraction of sp³-hybridized carbons (Fsp3) is 0.0769. The average Bonchev–Trinajstić information content (AvgIpc) is 2.86. The van der Waals surface area contributed by atoms with Gasteiger partial charge < -0.3 is 5.32 Å². The van der Waals surface area contributed by atoms with Gasteiger partial charge >= 0.3 is 0 Å². The summed E-state index contributed by atoms with van der Waals surface area (Å²) in [5.41, 5.74) is 0.0385. The third-order valence-corrected chi connectivity index (χ3v) is 4.60. The quantitative estimate of drug-likeness (QED) is 0.678. The van der Waals surface area contributed by atoms with E-state index in [0.717, 1.165) is 9.35 Å². The lowest BCUT2D eigenvalue weighted by Gasteiger charge is -2.07. The number of aromatic nitrogens is 2. The van der Waals surface area contributed by atoms with Crippen LogP contribution in [0.15, 0.2) is 43.7 Å². The molecule has 2 heterocycles. The van der Waals surface area contributed by atoms with E-state index in [1.54, 1.807) is 29.5 Å². The van der Waals surface area contributed by atoms with Gasteiger partial charge in [0.05, 0.1) is 10.8 Å². The van der Waals surface area contributed by atoms with Crippen molar-refractivity contribution < 1.29 is 0 Å². The van der Waals surface area contributed by atoms with Gasteiger partial charge in [0, 0.05) is 27.0 Å². The molecule has 0 aliphatic heterocycles. The normalized spacial score (nSPS) is 10.8. The monoisotopic (exact) mass is 351 g/mol. The Morgan fingerprint density at radius 1 is 1.20 bits per heavy atom. The maximum absolute atomic E-state index is 11.9. The van der Waals surface area contributed by atoms with E-state index in [4.69, 9.17) is 0 Å². The molecule has 2 aromatic heterocycles. The number of hydrogen-bond acceptors (Lipinski definition) is 4. The molecule has 0 saturated heterocycles. The Bertz CT molecular complexity index is 881. The largest absolute Gasteiger partial charge is 0.379 e. The summed E-state index contributed by atoms with van der Waals surface area (Å²) in [5, 5.41) is 10.6. The van der Waals surface area contributed by atoms with Gasteiger partial charge in [-0.2, -0.15) is 0 Å². The number of halogens is 1. The molecule has 0 radical (unpaired) electrons. The van der Waals surface area contributed by atoms with Crippen LogP contribution >= 0.6 is 27.3 Å². The molecule has 20 heavy (non-hydrogen) atoms. The molecule has 3 rings (SSSR count). The molecule has 0 fully saturated rings. The molecule has 0 spiro atoms. The molecule has 0 aliphatic carbocycles. The van der Waals surface area contributed by atoms with Gasteiger partial charge in [-0.15, -0.1) is 11.3 Å². The summed E-state index contributed by atoms with van der Waals surface area (Å²) in [7, 11) is 0. The minimum Gasteiger partial charge on any atom is -0.379 e. The molecular weight excluding hydrogens is 342 g/mol. The van der Waals surface area contributed by atoms with Crippen LogP contribution in [0.5, 0.6) is 0 Å². The Hall–Kier alpha value is -1.86. The van der Waals surface area contributed by atoms with Crippen molar-refractivity contribution in [2.24, 2.45) is 0 Å². The molecule has 0 aliphatic rings. The van der Waals surface area contributed by atoms with Crippen molar-refractivity contribution in [1.82, 2.24) is 10.2 Å². The SMILES string of the molecule is O=c1[nH][nH]c(=O)c2c(NCc3cc(Br)cs3)cccc12. The second-order valence-corrected chi connectivity index (χ2v) is 6.13. The highest BCUT2D eigenvalue weighted by molar-refractivity contribution is 9.10. The van der Waals surface area contributed by atoms with Crippen LogP contribution < -0.4 is 16.4 Å². The minimum absolute atomic E-state index is 0.304.